The van der Waals surface area contributed by atoms with E-state index in [-0.39, 0.29) is 5.82 Å². The molecule has 5 rings (SSSR count). The first-order chi connectivity index (χ1) is 15.9. The smallest absolute Gasteiger partial charge is 0.164 e. The normalized spacial score (nSPS) is 11.9. The number of nitrogens with two attached hydrogens (primary N) is 1. The minimum absolute atomic E-state index is 0.345. The Morgan fingerprint density at radius 3 is 2.55 bits per heavy atom. The molecule has 0 amide bonds. The van der Waals surface area contributed by atoms with E-state index in [0.717, 1.165) is 6.20 Å². The standard InChI is InChI=1S/C22H17F2N7.C2H6/c1-11-19-21(25)27-10-28-22(19)31(30-11)12(2)20-17(14-6-16(24)9-26-8-14)7-13-5-15(23)3-4-18(13)29-20;1-2/h3-10,12H,1-2H3,(H2,25,27,28);1-2H3. The largest absolute Gasteiger partial charge is 0.383 e. The van der Waals surface area contributed by atoms with Crippen molar-refractivity contribution in [1.82, 2.24) is 29.7 Å². The molecule has 1 atom stereocenters. The summed E-state index contributed by atoms with van der Waals surface area (Å²) in [5, 5.41) is 5.89. The highest BCUT2D eigenvalue weighted by atomic mass is 19.1. The van der Waals surface area contributed by atoms with Gasteiger partial charge in [-0.25, -0.2) is 28.4 Å². The Balaban J connectivity index is 0.00000126. The van der Waals surface area contributed by atoms with Gasteiger partial charge in [-0.3, -0.25) is 4.98 Å². The van der Waals surface area contributed by atoms with Gasteiger partial charge < -0.3 is 5.73 Å². The topological polar surface area (TPSA) is 95.4 Å². The molecule has 0 bridgehead atoms. The first-order valence-corrected chi connectivity index (χ1v) is 10.6. The molecule has 0 saturated heterocycles. The summed E-state index contributed by atoms with van der Waals surface area (Å²) in [6, 6.07) is 7.13. The summed E-state index contributed by atoms with van der Waals surface area (Å²) in [4.78, 5) is 17.2. The average Bonchev–Trinajstić information content (AvgIpc) is 3.16. The van der Waals surface area contributed by atoms with Crippen molar-refractivity contribution in [1.29, 1.82) is 0 Å². The summed E-state index contributed by atoms with van der Waals surface area (Å²) in [6.45, 7) is 7.75. The van der Waals surface area contributed by atoms with E-state index in [2.05, 4.69) is 20.1 Å². The second-order valence-electron chi connectivity index (χ2n) is 7.31. The van der Waals surface area contributed by atoms with E-state index in [1.165, 1.54) is 24.5 Å². The Morgan fingerprint density at radius 2 is 1.79 bits per heavy atom. The van der Waals surface area contributed by atoms with Crippen molar-refractivity contribution in [3.8, 4) is 11.1 Å². The van der Waals surface area contributed by atoms with Crippen LogP contribution in [0, 0.1) is 18.6 Å². The number of nitrogens with zero attached hydrogens (tertiary/aromatic N) is 6. The number of fused-ring (bicyclic) bond motifs is 2. The average molecular weight is 447 g/mol. The van der Waals surface area contributed by atoms with Gasteiger partial charge in [-0.15, -0.1) is 0 Å². The molecule has 0 aliphatic carbocycles. The number of anilines is 1. The van der Waals surface area contributed by atoms with Crippen molar-refractivity contribution < 1.29 is 8.78 Å². The Morgan fingerprint density at radius 1 is 1.00 bits per heavy atom. The zero-order chi connectivity index (χ0) is 23.7. The first kappa shape index (κ1) is 22.2. The number of pyridine rings is 2. The molecule has 0 aliphatic rings. The number of benzene rings is 1. The van der Waals surface area contributed by atoms with E-state index in [9.17, 15) is 8.78 Å². The van der Waals surface area contributed by atoms with Gasteiger partial charge in [0.1, 0.15) is 23.8 Å². The summed E-state index contributed by atoms with van der Waals surface area (Å²) in [7, 11) is 0. The van der Waals surface area contributed by atoms with Gasteiger partial charge in [0.05, 0.1) is 34.5 Å². The van der Waals surface area contributed by atoms with Gasteiger partial charge >= 0.3 is 0 Å². The quantitative estimate of drug-likeness (QED) is 0.406. The van der Waals surface area contributed by atoms with Gasteiger partial charge in [0, 0.05) is 22.7 Å². The van der Waals surface area contributed by atoms with Gasteiger partial charge in [0.25, 0.3) is 0 Å². The molecule has 4 aromatic heterocycles. The van der Waals surface area contributed by atoms with Crippen LogP contribution in [0.3, 0.4) is 0 Å². The van der Waals surface area contributed by atoms with Crippen LogP contribution in [0.25, 0.3) is 33.1 Å². The van der Waals surface area contributed by atoms with Crippen LogP contribution in [0.1, 0.15) is 38.2 Å². The molecule has 0 radical (unpaired) electrons. The number of halogens is 2. The van der Waals surface area contributed by atoms with Crippen LogP contribution in [0.2, 0.25) is 0 Å². The van der Waals surface area contributed by atoms with Gasteiger partial charge in [0.15, 0.2) is 5.65 Å². The van der Waals surface area contributed by atoms with Crippen molar-refractivity contribution in [2.45, 2.75) is 33.7 Å². The maximum absolute atomic E-state index is 14.0. The summed E-state index contributed by atoms with van der Waals surface area (Å²) >= 11 is 0. The third-order valence-corrected chi connectivity index (χ3v) is 5.28. The summed E-state index contributed by atoms with van der Waals surface area (Å²) in [5.41, 5.74) is 9.68. The van der Waals surface area contributed by atoms with Crippen LogP contribution in [0.4, 0.5) is 14.6 Å². The SMILES string of the molecule is CC.Cc1nn(C(C)c2nc3ccc(F)cc3cc2-c2cncc(F)c2)c2ncnc(N)c12. The van der Waals surface area contributed by atoms with Crippen LogP contribution < -0.4 is 5.73 Å². The third kappa shape index (κ3) is 3.97. The molecule has 168 valence electrons. The Labute approximate surface area is 189 Å². The lowest BCUT2D eigenvalue weighted by Gasteiger charge is -2.18. The predicted molar refractivity (Wildman–Crippen MR) is 125 cm³/mol. The minimum atomic E-state index is -0.476. The summed E-state index contributed by atoms with van der Waals surface area (Å²) < 4.78 is 29.5. The molecule has 0 aliphatic heterocycles. The summed E-state index contributed by atoms with van der Waals surface area (Å²) in [6.07, 6.45) is 4.06. The van der Waals surface area contributed by atoms with Gasteiger partial charge in [-0.2, -0.15) is 5.10 Å². The number of nitrogen functional groups attached to an aromatic ring is 1. The fourth-order valence-electron chi connectivity index (χ4n) is 3.83. The van der Waals surface area contributed by atoms with E-state index >= 15 is 0 Å². The molecule has 4 heterocycles. The molecule has 1 aromatic carbocycles. The molecule has 0 fully saturated rings. The highest BCUT2D eigenvalue weighted by Crippen LogP contribution is 2.34. The Kier molecular flexibility index (Phi) is 5.95. The van der Waals surface area contributed by atoms with E-state index in [1.807, 2.05) is 27.7 Å². The van der Waals surface area contributed by atoms with Gasteiger partial charge in [-0.1, -0.05) is 13.8 Å². The predicted octanol–water partition coefficient (Wildman–Crippen LogP) is 5.24. The number of aryl methyl sites for hydroxylation is 1. The first-order valence-electron chi connectivity index (χ1n) is 10.6. The zero-order valence-electron chi connectivity index (χ0n) is 18.7. The second-order valence-corrected chi connectivity index (χ2v) is 7.31. The third-order valence-electron chi connectivity index (χ3n) is 5.28. The number of hydrogen-bond donors (Lipinski definition) is 1. The lowest BCUT2D eigenvalue weighted by molar-refractivity contribution is 0.564. The van der Waals surface area contributed by atoms with Crippen molar-refractivity contribution in [2.75, 3.05) is 5.73 Å². The maximum Gasteiger partial charge on any atom is 0.164 e. The van der Waals surface area contributed by atoms with Gasteiger partial charge in [0.2, 0.25) is 0 Å². The minimum Gasteiger partial charge on any atom is -0.383 e. The maximum atomic E-state index is 14.0. The number of hydrogen-bond acceptors (Lipinski definition) is 6. The van der Waals surface area contributed by atoms with Gasteiger partial charge in [-0.05, 0) is 44.2 Å². The Bertz CT molecular complexity index is 1460. The number of aromatic nitrogens is 6. The van der Waals surface area contributed by atoms with Crippen LogP contribution in [0.15, 0.2) is 49.1 Å². The van der Waals surface area contributed by atoms with E-state index < -0.39 is 11.9 Å². The zero-order valence-corrected chi connectivity index (χ0v) is 18.7. The molecule has 1 unspecified atom stereocenters. The Hall–Kier alpha value is -4.01. The molecular weight excluding hydrogens is 424 g/mol. The van der Waals surface area contributed by atoms with Crippen molar-refractivity contribution in [3.05, 3.63) is 72.1 Å². The van der Waals surface area contributed by atoms with Crippen molar-refractivity contribution in [3.63, 3.8) is 0 Å². The summed E-state index contributed by atoms with van der Waals surface area (Å²) in [5.74, 6) is -0.506. The highest BCUT2D eigenvalue weighted by molar-refractivity contribution is 5.88. The molecule has 2 N–H and O–H groups in total. The second kappa shape index (κ2) is 8.85. The van der Waals surface area contributed by atoms with Crippen LogP contribution in [0.5, 0.6) is 0 Å². The number of rotatable bonds is 3. The van der Waals surface area contributed by atoms with Crippen LogP contribution in [-0.4, -0.2) is 29.7 Å². The van der Waals surface area contributed by atoms with E-state index in [4.69, 9.17) is 10.7 Å². The lowest BCUT2D eigenvalue weighted by atomic mass is 9.99. The fraction of sp³-hybridized carbons (Fsp3) is 0.208. The highest BCUT2D eigenvalue weighted by Gasteiger charge is 2.22. The molecule has 5 aromatic rings. The molecule has 0 spiro atoms. The molecule has 33 heavy (non-hydrogen) atoms. The van der Waals surface area contributed by atoms with Crippen molar-refractivity contribution >= 4 is 27.8 Å². The molecule has 9 heteroatoms. The monoisotopic (exact) mass is 447 g/mol. The fourth-order valence-corrected chi connectivity index (χ4v) is 3.83. The van der Waals surface area contributed by atoms with Crippen LogP contribution in [-0.2, 0) is 0 Å². The van der Waals surface area contributed by atoms with E-state index in [1.54, 1.807) is 23.0 Å². The molecule has 7 nitrogen and oxygen atoms in total. The van der Waals surface area contributed by atoms with Crippen molar-refractivity contribution in [2.24, 2.45) is 0 Å². The van der Waals surface area contributed by atoms with E-state index in [0.29, 0.717) is 50.3 Å². The molecule has 0 saturated carbocycles. The lowest BCUT2D eigenvalue weighted by Crippen LogP contribution is -2.13. The molecular formula is C24H23F2N7. The van der Waals surface area contributed by atoms with Crippen LogP contribution >= 0.6 is 0 Å².